The maximum absolute atomic E-state index is 6.23. The minimum absolute atomic E-state index is 0.554. The Labute approximate surface area is 130 Å². The fourth-order valence-corrected chi connectivity index (χ4v) is 2.35. The monoisotopic (exact) mass is 354 g/mol. The van der Waals surface area contributed by atoms with Gasteiger partial charge in [-0.25, -0.2) is 0 Å². The number of ether oxygens (including phenoxy) is 2. The second-order valence-electron chi connectivity index (χ2n) is 4.30. The van der Waals surface area contributed by atoms with Gasteiger partial charge < -0.3 is 14.8 Å². The highest BCUT2D eigenvalue weighted by Crippen LogP contribution is 2.38. The lowest BCUT2D eigenvalue weighted by molar-refractivity contribution is 0.171. The highest BCUT2D eigenvalue weighted by Gasteiger charge is 2.14. The van der Waals surface area contributed by atoms with Crippen LogP contribution in [0.15, 0.2) is 34.9 Å². The van der Waals surface area contributed by atoms with Crippen molar-refractivity contribution in [2.75, 3.05) is 18.5 Å². The van der Waals surface area contributed by atoms with Crippen LogP contribution in [0.1, 0.15) is 5.69 Å². The largest absolute Gasteiger partial charge is 0.486 e. The van der Waals surface area contributed by atoms with Crippen LogP contribution >= 0.6 is 27.5 Å². The van der Waals surface area contributed by atoms with E-state index in [4.69, 9.17) is 21.1 Å². The fraction of sp³-hybridized carbons (Fsp3) is 0.214. The number of hydrogen-bond acceptors (Lipinski definition) is 4. The zero-order chi connectivity index (χ0) is 13.9. The Morgan fingerprint density at radius 3 is 2.65 bits per heavy atom. The second kappa shape index (κ2) is 5.89. The third-order valence-corrected chi connectivity index (χ3v) is 3.66. The van der Waals surface area contributed by atoms with Crippen molar-refractivity contribution in [3.05, 3.63) is 45.7 Å². The van der Waals surface area contributed by atoms with Gasteiger partial charge in [0.1, 0.15) is 13.2 Å². The van der Waals surface area contributed by atoms with Crippen molar-refractivity contribution < 1.29 is 9.47 Å². The zero-order valence-electron chi connectivity index (χ0n) is 10.5. The molecule has 0 aliphatic carbocycles. The molecule has 0 unspecified atom stereocenters. The maximum Gasteiger partial charge on any atom is 0.163 e. The van der Waals surface area contributed by atoms with E-state index in [2.05, 4.69) is 26.2 Å². The van der Waals surface area contributed by atoms with Gasteiger partial charge in [0, 0.05) is 22.8 Å². The van der Waals surface area contributed by atoms with E-state index in [-0.39, 0.29) is 0 Å². The number of anilines is 1. The van der Waals surface area contributed by atoms with Crippen LogP contribution < -0.4 is 14.8 Å². The number of rotatable bonds is 3. The molecule has 4 nitrogen and oxygen atoms in total. The van der Waals surface area contributed by atoms with Gasteiger partial charge in [-0.2, -0.15) is 0 Å². The van der Waals surface area contributed by atoms with Gasteiger partial charge in [-0.1, -0.05) is 11.6 Å². The van der Waals surface area contributed by atoms with Crippen LogP contribution in [-0.4, -0.2) is 18.2 Å². The summed E-state index contributed by atoms with van der Waals surface area (Å²) in [6.45, 7) is 1.70. The van der Waals surface area contributed by atoms with Gasteiger partial charge in [0.15, 0.2) is 11.5 Å². The smallest absolute Gasteiger partial charge is 0.163 e. The van der Waals surface area contributed by atoms with E-state index in [1.54, 1.807) is 12.3 Å². The molecule has 2 aromatic rings. The quantitative estimate of drug-likeness (QED) is 0.907. The molecule has 2 heterocycles. The summed E-state index contributed by atoms with van der Waals surface area (Å²) >= 11 is 9.59. The molecule has 104 valence electrons. The number of halogens is 2. The third kappa shape index (κ3) is 2.99. The Morgan fingerprint density at radius 1 is 1.20 bits per heavy atom. The number of hydrogen-bond donors (Lipinski definition) is 1. The highest BCUT2D eigenvalue weighted by molar-refractivity contribution is 9.10. The first-order chi connectivity index (χ1) is 9.72. The first kappa shape index (κ1) is 13.5. The van der Waals surface area contributed by atoms with Gasteiger partial charge in [0.2, 0.25) is 0 Å². The van der Waals surface area contributed by atoms with E-state index < -0.39 is 0 Å². The molecule has 0 radical (unpaired) electrons. The number of benzene rings is 1. The van der Waals surface area contributed by atoms with Crippen molar-refractivity contribution in [1.29, 1.82) is 0 Å². The van der Waals surface area contributed by atoms with E-state index >= 15 is 0 Å². The van der Waals surface area contributed by atoms with E-state index in [0.29, 0.717) is 36.3 Å². The van der Waals surface area contributed by atoms with E-state index in [1.165, 1.54) is 0 Å². The van der Waals surface area contributed by atoms with Crippen LogP contribution in [0.4, 0.5) is 5.69 Å². The number of pyridine rings is 1. The number of aromatic nitrogens is 1. The molecule has 3 rings (SSSR count). The minimum atomic E-state index is 0.554. The number of nitrogens with one attached hydrogen (secondary N) is 1. The van der Waals surface area contributed by atoms with Crippen molar-refractivity contribution in [2.45, 2.75) is 6.54 Å². The SMILES string of the molecule is Clc1cc2c(cc1NCc1ccc(Br)cn1)OCCO2. The average Bonchev–Trinajstić information content (AvgIpc) is 2.47. The lowest BCUT2D eigenvalue weighted by Gasteiger charge is -2.20. The molecule has 0 saturated heterocycles. The third-order valence-electron chi connectivity index (χ3n) is 2.88. The van der Waals surface area contributed by atoms with Crippen LogP contribution in [0.3, 0.4) is 0 Å². The molecule has 6 heteroatoms. The summed E-state index contributed by atoms with van der Waals surface area (Å²) in [5.74, 6) is 1.40. The summed E-state index contributed by atoms with van der Waals surface area (Å²) in [6.07, 6.45) is 1.77. The number of fused-ring (bicyclic) bond motifs is 1. The molecule has 1 aliphatic rings. The van der Waals surface area contributed by atoms with Crippen molar-refractivity contribution in [3.63, 3.8) is 0 Å². The molecular weight excluding hydrogens is 344 g/mol. The molecule has 1 N–H and O–H groups in total. The second-order valence-corrected chi connectivity index (χ2v) is 5.62. The molecular formula is C14H12BrClN2O2. The topological polar surface area (TPSA) is 43.4 Å². The Balaban J connectivity index is 1.75. The molecule has 1 aromatic heterocycles. The molecule has 1 aromatic carbocycles. The summed E-state index contributed by atoms with van der Waals surface area (Å²) in [6, 6.07) is 7.53. The first-order valence-corrected chi connectivity index (χ1v) is 7.33. The zero-order valence-corrected chi connectivity index (χ0v) is 12.9. The predicted molar refractivity (Wildman–Crippen MR) is 81.7 cm³/mol. The van der Waals surface area contributed by atoms with Crippen molar-refractivity contribution in [1.82, 2.24) is 4.98 Å². The van der Waals surface area contributed by atoms with Gasteiger partial charge in [0.25, 0.3) is 0 Å². The van der Waals surface area contributed by atoms with Crippen LogP contribution in [-0.2, 0) is 6.54 Å². The Kier molecular flexibility index (Phi) is 3.98. The molecule has 0 saturated carbocycles. The summed E-state index contributed by atoms with van der Waals surface area (Å²) < 4.78 is 12.0. The molecule has 0 bridgehead atoms. The highest BCUT2D eigenvalue weighted by atomic mass is 79.9. The molecule has 0 fully saturated rings. The van der Waals surface area contributed by atoms with Crippen LogP contribution in [0.5, 0.6) is 11.5 Å². The summed E-state index contributed by atoms with van der Waals surface area (Å²) in [5.41, 5.74) is 1.74. The van der Waals surface area contributed by atoms with Crippen LogP contribution in [0, 0.1) is 0 Å². The summed E-state index contributed by atoms with van der Waals surface area (Å²) in [4.78, 5) is 4.30. The lowest BCUT2D eigenvalue weighted by Crippen LogP contribution is -2.15. The van der Waals surface area contributed by atoms with E-state index in [9.17, 15) is 0 Å². The summed E-state index contributed by atoms with van der Waals surface area (Å²) in [5, 5.41) is 3.86. The van der Waals surface area contributed by atoms with Gasteiger partial charge in [-0.3, -0.25) is 4.98 Å². The average molecular weight is 356 g/mol. The van der Waals surface area contributed by atoms with Crippen LogP contribution in [0.2, 0.25) is 5.02 Å². The first-order valence-electron chi connectivity index (χ1n) is 6.16. The fourth-order valence-electron chi connectivity index (χ4n) is 1.90. The molecule has 0 amide bonds. The Hall–Kier alpha value is -1.46. The normalized spacial score (nSPS) is 13.1. The van der Waals surface area contributed by atoms with Gasteiger partial charge in [-0.15, -0.1) is 0 Å². The molecule has 0 spiro atoms. The maximum atomic E-state index is 6.23. The lowest BCUT2D eigenvalue weighted by atomic mass is 10.2. The van der Waals surface area contributed by atoms with Crippen molar-refractivity contribution >= 4 is 33.2 Å². The Bertz CT molecular complexity index is 619. The van der Waals surface area contributed by atoms with E-state index in [1.807, 2.05) is 18.2 Å². The molecule has 1 aliphatic heterocycles. The minimum Gasteiger partial charge on any atom is -0.486 e. The standard InChI is InChI=1S/C14H12BrClN2O2/c15-9-1-2-10(17-7-9)8-18-12-6-14-13(5-11(12)16)19-3-4-20-14/h1-2,5-7,18H,3-4,8H2. The molecule has 0 atom stereocenters. The van der Waals surface area contributed by atoms with Gasteiger partial charge >= 0.3 is 0 Å². The summed E-state index contributed by atoms with van der Waals surface area (Å²) in [7, 11) is 0. The van der Waals surface area contributed by atoms with Crippen molar-refractivity contribution in [3.8, 4) is 11.5 Å². The Morgan fingerprint density at radius 2 is 1.95 bits per heavy atom. The van der Waals surface area contributed by atoms with Crippen LogP contribution in [0.25, 0.3) is 0 Å². The van der Waals surface area contributed by atoms with Gasteiger partial charge in [0.05, 0.1) is 22.9 Å². The molecule has 20 heavy (non-hydrogen) atoms. The van der Waals surface area contributed by atoms with E-state index in [0.717, 1.165) is 15.9 Å². The number of nitrogens with zero attached hydrogens (tertiary/aromatic N) is 1. The van der Waals surface area contributed by atoms with Crippen molar-refractivity contribution in [2.24, 2.45) is 0 Å². The predicted octanol–water partition coefficient (Wildman–Crippen LogP) is 3.88. The van der Waals surface area contributed by atoms with Gasteiger partial charge in [-0.05, 0) is 28.1 Å².